The predicted molar refractivity (Wildman–Crippen MR) is 82.6 cm³/mol. The molecule has 1 fully saturated rings. The number of carbonyl (C=O) groups is 1. The molecule has 1 saturated heterocycles. The third-order valence-electron chi connectivity index (χ3n) is 4.84. The Morgan fingerprint density at radius 1 is 1.35 bits per heavy atom. The summed E-state index contributed by atoms with van der Waals surface area (Å²) in [4.78, 5) is 16.5. The second kappa shape index (κ2) is 5.81. The van der Waals surface area contributed by atoms with Gasteiger partial charge >= 0.3 is 0 Å². The van der Waals surface area contributed by atoms with Gasteiger partial charge in [0.05, 0.1) is 25.5 Å². The van der Waals surface area contributed by atoms with Crippen LogP contribution in [0.1, 0.15) is 24.1 Å². The SMILES string of the molecule is CCc1nnc2n1CCN(C1CN(C(=O)Cc3ccoc3)C1)C2. The summed E-state index contributed by atoms with van der Waals surface area (Å²) in [5.74, 6) is 2.30. The van der Waals surface area contributed by atoms with E-state index in [1.807, 2.05) is 11.0 Å². The maximum Gasteiger partial charge on any atom is 0.227 e. The van der Waals surface area contributed by atoms with Crippen molar-refractivity contribution >= 4 is 5.91 Å². The monoisotopic (exact) mass is 315 g/mol. The lowest BCUT2D eigenvalue weighted by molar-refractivity contribution is -0.138. The van der Waals surface area contributed by atoms with E-state index < -0.39 is 0 Å². The van der Waals surface area contributed by atoms with Crippen molar-refractivity contribution in [3.05, 3.63) is 35.8 Å². The standard InChI is InChI=1S/C16H21N5O2/c1-2-14-17-18-15-10-19(4-5-21(14)15)13-8-20(9-13)16(22)7-12-3-6-23-11-12/h3,6,11,13H,2,4-5,7-10H2,1H3. The van der Waals surface area contributed by atoms with Crippen molar-refractivity contribution in [3.8, 4) is 0 Å². The van der Waals surface area contributed by atoms with Crippen molar-refractivity contribution in [2.24, 2.45) is 0 Å². The lowest BCUT2D eigenvalue weighted by Crippen LogP contribution is -2.62. The Balaban J connectivity index is 1.31. The summed E-state index contributed by atoms with van der Waals surface area (Å²) in [6, 6.07) is 2.29. The summed E-state index contributed by atoms with van der Waals surface area (Å²) >= 11 is 0. The van der Waals surface area contributed by atoms with Gasteiger partial charge in [-0.15, -0.1) is 10.2 Å². The van der Waals surface area contributed by atoms with Gasteiger partial charge in [-0.25, -0.2) is 0 Å². The van der Waals surface area contributed by atoms with Crippen LogP contribution in [-0.4, -0.2) is 56.1 Å². The molecule has 0 aliphatic carbocycles. The van der Waals surface area contributed by atoms with E-state index >= 15 is 0 Å². The predicted octanol–water partition coefficient (Wildman–Crippen LogP) is 0.703. The summed E-state index contributed by atoms with van der Waals surface area (Å²) in [6.45, 7) is 6.52. The van der Waals surface area contributed by atoms with Crippen LogP contribution >= 0.6 is 0 Å². The fourth-order valence-corrected chi connectivity index (χ4v) is 3.38. The molecule has 0 bridgehead atoms. The highest BCUT2D eigenvalue weighted by atomic mass is 16.3. The molecular formula is C16H21N5O2. The molecule has 0 N–H and O–H groups in total. The molecule has 4 heterocycles. The van der Waals surface area contributed by atoms with E-state index in [1.54, 1.807) is 12.5 Å². The molecule has 2 aromatic rings. The van der Waals surface area contributed by atoms with Crippen LogP contribution in [0.5, 0.6) is 0 Å². The van der Waals surface area contributed by atoms with Gasteiger partial charge < -0.3 is 13.9 Å². The Bertz CT molecular complexity index is 687. The van der Waals surface area contributed by atoms with Crippen molar-refractivity contribution < 1.29 is 9.21 Å². The largest absolute Gasteiger partial charge is 0.472 e. The van der Waals surface area contributed by atoms with E-state index in [4.69, 9.17) is 4.42 Å². The van der Waals surface area contributed by atoms with Crippen LogP contribution in [0.25, 0.3) is 0 Å². The van der Waals surface area contributed by atoms with E-state index in [2.05, 4.69) is 26.6 Å². The van der Waals surface area contributed by atoms with E-state index in [9.17, 15) is 4.79 Å². The number of aryl methyl sites for hydroxylation is 1. The molecule has 0 aromatic carbocycles. The average Bonchev–Trinajstić information content (AvgIpc) is 3.14. The number of aromatic nitrogens is 3. The number of likely N-dealkylation sites (tertiary alicyclic amines) is 1. The van der Waals surface area contributed by atoms with Crippen LogP contribution in [0, 0.1) is 0 Å². The third-order valence-corrected chi connectivity index (χ3v) is 4.84. The van der Waals surface area contributed by atoms with Crippen LogP contribution in [0.3, 0.4) is 0 Å². The molecule has 122 valence electrons. The number of carbonyl (C=O) groups excluding carboxylic acids is 1. The molecule has 0 atom stereocenters. The quantitative estimate of drug-likeness (QED) is 0.831. The number of hydrogen-bond acceptors (Lipinski definition) is 5. The minimum atomic E-state index is 0.177. The minimum Gasteiger partial charge on any atom is -0.472 e. The molecular weight excluding hydrogens is 294 g/mol. The summed E-state index contributed by atoms with van der Waals surface area (Å²) in [5.41, 5.74) is 0.941. The number of nitrogens with zero attached hydrogens (tertiary/aromatic N) is 5. The topological polar surface area (TPSA) is 67.4 Å². The molecule has 0 radical (unpaired) electrons. The first-order valence-electron chi connectivity index (χ1n) is 8.18. The van der Waals surface area contributed by atoms with Gasteiger partial charge in [-0.3, -0.25) is 9.69 Å². The third kappa shape index (κ3) is 2.65. The van der Waals surface area contributed by atoms with E-state index in [0.29, 0.717) is 12.5 Å². The second-order valence-corrected chi connectivity index (χ2v) is 6.27. The lowest BCUT2D eigenvalue weighted by atomic mass is 10.0. The van der Waals surface area contributed by atoms with E-state index in [0.717, 1.165) is 56.4 Å². The molecule has 23 heavy (non-hydrogen) atoms. The van der Waals surface area contributed by atoms with Crippen molar-refractivity contribution in [2.75, 3.05) is 19.6 Å². The summed E-state index contributed by atoms with van der Waals surface area (Å²) in [6.07, 6.45) is 4.60. The highest BCUT2D eigenvalue weighted by Gasteiger charge is 2.36. The zero-order valence-corrected chi connectivity index (χ0v) is 13.3. The Labute approximate surface area is 134 Å². The van der Waals surface area contributed by atoms with Gasteiger partial charge in [-0.2, -0.15) is 0 Å². The van der Waals surface area contributed by atoms with Gasteiger partial charge in [0.15, 0.2) is 0 Å². The van der Waals surface area contributed by atoms with Crippen LogP contribution in [0.4, 0.5) is 0 Å². The normalized spacial score (nSPS) is 18.7. The van der Waals surface area contributed by atoms with Crippen LogP contribution < -0.4 is 0 Å². The lowest BCUT2D eigenvalue weighted by Gasteiger charge is -2.46. The van der Waals surface area contributed by atoms with Gasteiger partial charge in [0.25, 0.3) is 0 Å². The van der Waals surface area contributed by atoms with Crippen molar-refractivity contribution in [3.63, 3.8) is 0 Å². The summed E-state index contributed by atoms with van der Waals surface area (Å²) < 4.78 is 7.25. The van der Waals surface area contributed by atoms with Gasteiger partial charge in [0, 0.05) is 38.6 Å². The van der Waals surface area contributed by atoms with Crippen molar-refractivity contribution in [1.82, 2.24) is 24.6 Å². The Kier molecular flexibility index (Phi) is 3.65. The average molecular weight is 315 g/mol. The zero-order chi connectivity index (χ0) is 15.8. The molecule has 2 aromatic heterocycles. The maximum absolute atomic E-state index is 12.2. The minimum absolute atomic E-state index is 0.177. The molecule has 0 spiro atoms. The van der Waals surface area contributed by atoms with Gasteiger partial charge in [-0.05, 0) is 11.6 Å². The first-order chi connectivity index (χ1) is 11.2. The van der Waals surface area contributed by atoms with E-state index in [-0.39, 0.29) is 5.91 Å². The molecule has 7 heteroatoms. The van der Waals surface area contributed by atoms with Crippen LogP contribution in [0.2, 0.25) is 0 Å². The molecule has 1 amide bonds. The number of furan rings is 1. The molecule has 4 rings (SSSR count). The molecule has 7 nitrogen and oxygen atoms in total. The van der Waals surface area contributed by atoms with Crippen LogP contribution in [0.15, 0.2) is 23.0 Å². The zero-order valence-electron chi connectivity index (χ0n) is 13.3. The Morgan fingerprint density at radius 2 is 2.22 bits per heavy atom. The second-order valence-electron chi connectivity index (χ2n) is 6.27. The van der Waals surface area contributed by atoms with Gasteiger partial charge in [0.1, 0.15) is 11.6 Å². The first-order valence-corrected chi connectivity index (χ1v) is 8.18. The van der Waals surface area contributed by atoms with Crippen molar-refractivity contribution in [2.45, 2.75) is 38.9 Å². The van der Waals surface area contributed by atoms with Crippen molar-refractivity contribution in [1.29, 1.82) is 0 Å². The first kappa shape index (κ1) is 14.4. The fraction of sp³-hybridized carbons (Fsp3) is 0.562. The van der Waals surface area contributed by atoms with E-state index in [1.165, 1.54) is 0 Å². The van der Waals surface area contributed by atoms with Gasteiger partial charge in [-0.1, -0.05) is 6.92 Å². The summed E-state index contributed by atoms with van der Waals surface area (Å²) in [7, 11) is 0. The summed E-state index contributed by atoms with van der Waals surface area (Å²) in [5, 5.41) is 8.55. The molecule has 0 unspecified atom stereocenters. The number of hydrogen-bond donors (Lipinski definition) is 0. The highest BCUT2D eigenvalue weighted by molar-refractivity contribution is 5.79. The Morgan fingerprint density at radius 3 is 2.96 bits per heavy atom. The van der Waals surface area contributed by atoms with Gasteiger partial charge in [0.2, 0.25) is 5.91 Å². The highest BCUT2D eigenvalue weighted by Crippen LogP contribution is 2.22. The number of amides is 1. The Hall–Kier alpha value is -2.15. The molecule has 2 aliphatic rings. The maximum atomic E-state index is 12.2. The molecule has 0 saturated carbocycles. The number of rotatable bonds is 4. The molecule has 2 aliphatic heterocycles. The van der Waals surface area contributed by atoms with Crippen LogP contribution in [-0.2, 0) is 30.7 Å². The smallest absolute Gasteiger partial charge is 0.227 e. The number of fused-ring (bicyclic) bond motifs is 1. The fourth-order valence-electron chi connectivity index (χ4n) is 3.38.